The molecule has 2 aromatic rings. The van der Waals surface area contributed by atoms with Gasteiger partial charge in [-0.2, -0.15) is 0 Å². The number of fused-ring (bicyclic) bond motifs is 1. The van der Waals surface area contributed by atoms with E-state index in [1.165, 1.54) is 25.9 Å². The lowest BCUT2D eigenvalue weighted by Crippen LogP contribution is -2.36. The van der Waals surface area contributed by atoms with E-state index < -0.39 is 0 Å². The van der Waals surface area contributed by atoms with Gasteiger partial charge < -0.3 is 10.2 Å². The first-order chi connectivity index (χ1) is 11.2. The van der Waals surface area contributed by atoms with Crippen LogP contribution in [0.1, 0.15) is 36.5 Å². The van der Waals surface area contributed by atoms with Gasteiger partial charge in [0.2, 0.25) is 0 Å². The van der Waals surface area contributed by atoms with Crippen LogP contribution in [0, 0.1) is 5.92 Å². The van der Waals surface area contributed by atoms with Gasteiger partial charge in [0.15, 0.2) is 0 Å². The lowest BCUT2D eigenvalue weighted by molar-refractivity contribution is 0.0950. The van der Waals surface area contributed by atoms with Crippen LogP contribution in [0.25, 0.3) is 10.9 Å². The first-order valence-corrected chi connectivity index (χ1v) is 8.58. The summed E-state index contributed by atoms with van der Waals surface area (Å²) >= 11 is 0. The molecule has 0 aliphatic carbocycles. The molecule has 1 amide bonds. The van der Waals surface area contributed by atoms with Crippen LogP contribution in [-0.2, 0) is 0 Å². The predicted molar refractivity (Wildman–Crippen MR) is 93.5 cm³/mol. The highest BCUT2D eigenvalue weighted by molar-refractivity contribution is 5.97. The third-order valence-corrected chi connectivity index (χ3v) is 4.54. The van der Waals surface area contributed by atoms with Crippen LogP contribution in [0.5, 0.6) is 0 Å². The maximum Gasteiger partial charge on any atom is 0.251 e. The first kappa shape index (κ1) is 15.9. The van der Waals surface area contributed by atoms with Crippen molar-refractivity contribution in [3.8, 4) is 0 Å². The van der Waals surface area contributed by atoms with E-state index in [0.717, 1.165) is 36.3 Å². The summed E-state index contributed by atoms with van der Waals surface area (Å²) in [5.41, 5.74) is 1.63. The molecule has 3 rings (SSSR count). The summed E-state index contributed by atoms with van der Waals surface area (Å²) in [6.07, 6.45) is 5.43. The zero-order chi connectivity index (χ0) is 16.1. The van der Waals surface area contributed by atoms with Crippen molar-refractivity contribution < 1.29 is 4.79 Å². The fourth-order valence-corrected chi connectivity index (χ4v) is 3.31. The lowest BCUT2D eigenvalue weighted by Gasteiger charge is -2.30. The van der Waals surface area contributed by atoms with Crippen molar-refractivity contribution in [1.82, 2.24) is 15.2 Å². The second kappa shape index (κ2) is 7.55. The summed E-state index contributed by atoms with van der Waals surface area (Å²) < 4.78 is 0. The van der Waals surface area contributed by atoms with Gasteiger partial charge in [0.25, 0.3) is 5.91 Å². The number of likely N-dealkylation sites (tertiary alicyclic amines) is 1. The smallest absolute Gasteiger partial charge is 0.251 e. The molecule has 1 fully saturated rings. The van der Waals surface area contributed by atoms with Crippen molar-refractivity contribution in [1.29, 1.82) is 0 Å². The van der Waals surface area contributed by atoms with Gasteiger partial charge >= 0.3 is 0 Å². The molecule has 1 aliphatic rings. The van der Waals surface area contributed by atoms with Crippen molar-refractivity contribution in [3.05, 3.63) is 42.1 Å². The number of hydrogen-bond acceptors (Lipinski definition) is 3. The number of aromatic nitrogens is 1. The van der Waals surface area contributed by atoms with Crippen molar-refractivity contribution >= 4 is 16.8 Å². The molecule has 1 aromatic heterocycles. The Morgan fingerprint density at radius 1 is 1.39 bits per heavy atom. The number of nitrogens with zero attached hydrogens (tertiary/aromatic N) is 2. The number of pyridine rings is 1. The lowest BCUT2D eigenvalue weighted by atomic mass is 10.0. The van der Waals surface area contributed by atoms with Crippen LogP contribution < -0.4 is 5.32 Å². The van der Waals surface area contributed by atoms with E-state index in [1.807, 2.05) is 30.3 Å². The molecule has 1 N–H and O–H groups in total. The third-order valence-electron chi connectivity index (χ3n) is 4.54. The summed E-state index contributed by atoms with van der Waals surface area (Å²) in [7, 11) is 0. The number of piperidine rings is 1. The molecule has 0 saturated carbocycles. The minimum atomic E-state index is 0.00256. The maximum atomic E-state index is 12.2. The Hall–Kier alpha value is -1.94. The van der Waals surface area contributed by atoms with Gasteiger partial charge in [0.1, 0.15) is 0 Å². The summed E-state index contributed by atoms with van der Waals surface area (Å²) in [6.45, 7) is 6.53. The Kier molecular flexibility index (Phi) is 5.23. The monoisotopic (exact) mass is 311 g/mol. The number of nitrogens with one attached hydrogen (secondary N) is 1. The summed E-state index contributed by atoms with van der Waals surface area (Å²) in [5.74, 6) is 0.812. The molecular weight excluding hydrogens is 286 g/mol. The topological polar surface area (TPSA) is 45.2 Å². The molecule has 23 heavy (non-hydrogen) atoms. The van der Waals surface area contributed by atoms with Gasteiger partial charge in [-0.15, -0.1) is 0 Å². The molecular formula is C19H25N3O. The average Bonchev–Trinajstić information content (AvgIpc) is 2.58. The Balaban J connectivity index is 1.46. The highest BCUT2D eigenvalue weighted by Crippen LogP contribution is 2.15. The number of carbonyl (C=O) groups is 1. The molecule has 0 spiro atoms. The van der Waals surface area contributed by atoms with E-state index in [0.29, 0.717) is 5.56 Å². The van der Waals surface area contributed by atoms with E-state index in [1.54, 1.807) is 6.20 Å². The minimum Gasteiger partial charge on any atom is -0.352 e. The summed E-state index contributed by atoms with van der Waals surface area (Å²) in [4.78, 5) is 19.0. The van der Waals surface area contributed by atoms with Crippen molar-refractivity contribution in [2.45, 2.75) is 26.2 Å². The molecule has 4 nitrogen and oxygen atoms in total. The van der Waals surface area contributed by atoms with Gasteiger partial charge in [-0.05, 0) is 62.5 Å². The highest BCUT2D eigenvalue weighted by atomic mass is 16.1. The van der Waals surface area contributed by atoms with Crippen LogP contribution in [-0.4, -0.2) is 42.0 Å². The second-order valence-corrected chi connectivity index (χ2v) is 6.57. The number of benzene rings is 1. The highest BCUT2D eigenvalue weighted by Gasteiger charge is 2.15. The van der Waals surface area contributed by atoms with Crippen LogP contribution in [0.2, 0.25) is 0 Å². The first-order valence-electron chi connectivity index (χ1n) is 8.58. The number of amides is 1. The van der Waals surface area contributed by atoms with Crippen LogP contribution >= 0.6 is 0 Å². The third kappa shape index (κ3) is 4.29. The van der Waals surface area contributed by atoms with Crippen molar-refractivity contribution in [3.63, 3.8) is 0 Å². The van der Waals surface area contributed by atoms with E-state index in [2.05, 4.69) is 22.1 Å². The van der Waals surface area contributed by atoms with Gasteiger partial charge in [-0.25, -0.2) is 0 Å². The quantitative estimate of drug-likeness (QED) is 0.863. The number of carbonyl (C=O) groups excluding carboxylic acids is 1. The number of hydrogen-bond donors (Lipinski definition) is 1. The Labute approximate surface area is 137 Å². The summed E-state index contributed by atoms with van der Waals surface area (Å²) in [5, 5.41) is 4.03. The van der Waals surface area contributed by atoms with Crippen LogP contribution in [0.15, 0.2) is 36.5 Å². The van der Waals surface area contributed by atoms with Gasteiger partial charge in [0.05, 0.1) is 5.52 Å². The van der Waals surface area contributed by atoms with E-state index in [-0.39, 0.29) is 5.91 Å². The molecule has 1 aromatic carbocycles. The molecule has 1 saturated heterocycles. The van der Waals surface area contributed by atoms with E-state index in [9.17, 15) is 4.79 Å². The average molecular weight is 311 g/mol. The fourth-order valence-electron chi connectivity index (χ4n) is 3.31. The Bertz CT molecular complexity index is 670. The zero-order valence-electron chi connectivity index (χ0n) is 13.8. The molecule has 1 atom stereocenters. The van der Waals surface area contributed by atoms with Crippen molar-refractivity contribution in [2.24, 2.45) is 5.92 Å². The maximum absolute atomic E-state index is 12.2. The molecule has 1 unspecified atom stereocenters. The van der Waals surface area contributed by atoms with Crippen LogP contribution in [0.4, 0.5) is 0 Å². The van der Waals surface area contributed by atoms with E-state index >= 15 is 0 Å². The predicted octanol–water partition coefficient (Wildman–Crippen LogP) is 3.09. The molecule has 0 radical (unpaired) electrons. The minimum absolute atomic E-state index is 0.00256. The van der Waals surface area contributed by atoms with Gasteiger partial charge in [0, 0.05) is 30.2 Å². The van der Waals surface area contributed by atoms with Crippen molar-refractivity contribution in [2.75, 3.05) is 26.2 Å². The molecule has 4 heteroatoms. The van der Waals surface area contributed by atoms with Gasteiger partial charge in [-0.1, -0.05) is 13.0 Å². The summed E-state index contributed by atoms with van der Waals surface area (Å²) in [6, 6.07) is 9.53. The second-order valence-electron chi connectivity index (χ2n) is 6.57. The standard InChI is InChI=1S/C19H25N3O/c1-15-5-3-11-22(14-15)12-4-10-21-19(23)17-7-8-18-16(13-17)6-2-9-20-18/h2,6-9,13,15H,3-5,10-12,14H2,1H3,(H,21,23). The van der Waals surface area contributed by atoms with Crippen LogP contribution in [0.3, 0.4) is 0 Å². The molecule has 2 heterocycles. The SMILES string of the molecule is CC1CCCN(CCCNC(=O)c2ccc3ncccc3c2)C1. The van der Waals surface area contributed by atoms with Gasteiger partial charge in [-0.3, -0.25) is 9.78 Å². The molecule has 1 aliphatic heterocycles. The van der Waals surface area contributed by atoms with E-state index in [4.69, 9.17) is 0 Å². The Morgan fingerprint density at radius 2 is 2.30 bits per heavy atom. The number of rotatable bonds is 5. The zero-order valence-corrected chi connectivity index (χ0v) is 13.8. The largest absolute Gasteiger partial charge is 0.352 e. The normalized spacial score (nSPS) is 18.9. The fraction of sp³-hybridized carbons (Fsp3) is 0.474. The molecule has 0 bridgehead atoms. The molecule has 122 valence electrons. The Morgan fingerprint density at radius 3 is 3.17 bits per heavy atom.